The van der Waals surface area contributed by atoms with E-state index < -0.39 is 0 Å². The van der Waals surface area contributed by atoms with E-state index in [9.17, 15) is 0 Å². The lowest BCUT2D eigenvalue weighted by Gasteiger charge is -2.17. The second-order valence-corrected chi connectivity index (χ2v) is 4.41. The third kappa shape index (κ3) is 3.89. The molecule has 0 fully saturated rings. The molecule has 0 aromatic heterocycles. The molecule has 1 aromatic rings. The van der Waals surface area contributed by atoms with Crippen LogP contribution in [0.5, 0.6) is 11.5 Å². The fraction of sp³-hybridized carbons (Fsp3) is 0.571. The first-order chi connectivity index (χ1) is 8.62. The van der Waals surface area contributed by atoms with Gasteiger partial charge in [0.2, 0.25) is 0 Å². The number of aliphatic hydroxyl groups excluding tert-OH is 1. The first-order valence-electron chi connectivity index (χ1n) is 6.13. The monoisotopic (exact) mass is 253 g/mol. The van der Waals surface area contributed by atoms with E-state index in [4.69, 9.17) is 14.6 Å². The lowest BCUT2D eigenvalue weighted by molar-refractivity contribution is 0.223. The molecule has 0 atom stereocenters. The van der Waals surface area contributed by atoms with Crippen molar-refractivity contribution < 1.29 is 14.6 Å². The van der Waals surface area contributed by atoms with Crippen molar-refractivity contribution in [3.63, 3.8) is 0 Å². The van der Waals surface area contributed by atoms with Crippen LogP contribution in [0.3, 0.4) is 0 Å². The van der Waals surface area contributed by atoms with E-state index in [2.05, 4.69) is 11.8 Å². The van der Waals surface area contributed by atoms with Crippen molar-refractivity contribution >= 4 is 0 Å². The largest absolute Gasteiger partial charge is 0.493 e. The molecule has 0 saturated heterocycles. The van der Waals surface area contributed by atoms with Gasteiger partial charge in [0.25, 0.3) is 0 Å². The van der Waals surface area contributed by atoms with Crippen LogP contribution in [-0.4, -0.2) is 51.0 Å². The van der Waals surface area contributed by atoms with Gasteiger partial charge >= 0.3 is 0 Å². The molecule has 0 radical (unpaired) electrons. The van der Waals surface area contributed by atoms with Crippen molar-refractivity contribution in [2.24, 2.45) is 0 Å². The zero-order chi connectivity index (χ0) is 13.5. The van der Waals surface area contributed by atoms with Crippen molar-refractivity contribution in [3.05, 3.63) is 23.3 Å². The van der Waals surface area contributed by atoms with Gasteiger partial charge < -0.3 is 19.5 Å². The number of methoxy groups -OCH3 is 2. The smallest absolute Gasteiger partial charge is 0.161 e. The Bertz CT molecular complexity index is 380. The molecule has 0 heterocycles. The molecule has 0 aliphatic heterocycles. The first kappa shape index (κ1) is 14.8. The van der Waals surface area contributed by atoms with Gasteiger partial charge in [-0.15, -0.1) is 0 Å². The molecule has 102 valence electrons. The van der Waals surface area contributed by atoms with Crippen molar-refractivity contribution in [2.75, 3.05) is 41.0 Å². The predicted octanol–water partition coefficient (Wildman–Crippen LogP) is 1.48. The lowest BCUT2D eigenvalue weighted by atomic mass is 10.0. The topological polar surface area (TPSA) is 41.9 Å². The summed E-state index contributed by atoms with van der Waals surface area (Å²) >= 11 is 0. The van der Waals surface area contributed by atoms with Crippen LogP contribution in [0, 0.1) is 6.92 Å². The molecule has 1 rings (SSSR count). The molecule has 0 unspecified atom stereocenters. The minimum Gasteiger partial charge on any atom is -0.493 e. The van der Waals surface area contributed by atoms with E-state index >= 15 is 0 Å². The number of likely N-dealkylation sites (N-methyl/N-ethyl adjacent to an activating group) is 1. The van der Waals surface area contributed by atoms with Crippen LogP contribution in [0.25, 0.3) is 0 Å². The van der Waals surface area contributed by atoms with Crippen molar-refractivity contribution in [3.8, 4) is 11.5 Å². The van der Waals surface area contributed by atoms with E-state index in [1.54, 1.807) is 14.2 Å². The number of aliphatic hydroxyl groups is 1. The zero-order valence-electron chi connectivity index (χ0n) is 11.7. The van der Waals surface area contributed by atoms with Crippen LogP contribution in [0.15, 0.2) is 12.1 Å². The molecule has 1 aromatic carbocycles. The Hall–Kier alpha value is -1.26. The summed E-state index contributed by atoms with van der Waals surface area (Å²) in [6, 6.07) is 4.03. The number of benzene rings is 1. The van der Waals surface area contributed by atoms with Crippen molar-refractivity contribution in [1.29, 1.82) is 0 Å². The standard InChI is InChI=1S/C14H23NO3/c1-11-9-13(17-3)14(18-4)10-12(11)5-6-15(2)7-8-16/h9-10,16H,5-8H2,1-4H3. The summed E-state index contributed by atoms with van der Waals surface area (Å²) in [5.41, 5.74) is 2.45. The van der Waals surface area contributed by atoms with Crippen LogP contribution in [-0.2, 0) is 6.42 Å². The van der Waals surface area contributed by atoms with Gasteiger partial charge in [0, 0.05) is 13.1 Å². The third-order valence-corrected chi connectivity index (χ3v) is 3.09. The summed E-state index contributed by atoms with van der Waals surface area (Å²) in [5, 5.41) is 8.86. The SMILES string of the molecule is COc1cc(C)c(CCN(C)CCO)cc1OC. The minimum atomic E-state index is 0.196. The Morgan fingerprint density at radius 1 is 1.11 bits per heavy atom. The zero-order valence-corrected chi connectivity index (χ0v) is 11.7. The molecule has 4 heteroatoms. The highest BCUT2D eigenvalue weighted by molar-refractivity contribution is 5.47. The molecule has 0 aliphatic rings. The van der Waals surface area contributed by atoms with Crippen LogP contribution in [0.2, 0.25) is 0 Å². The normalized spacial score (nSPS) is 10.8. The number of aryl methyl sites for hydroxylation is 1. The molecule has 0 spiro atoms. The average Bonchev–Trinajstić information content (AvgIpc) is 2.37. The number of nitrogens with zero attached hydrogens (tertiary/aromatic N) is 1. The number of hydrogen-bond acceptors (Lipinski definition) is 4. The van der Waals surface area contributed by atoms with Gasteiger partial charge in [0.15, 0.2) is 11.5 Å². The van der Waals surface area contributed by atoms with Crippen molar-refractivity contribution in [1.82, 2.24) is 4.90 Å². The molecule has 0 amide bonds. The highest BCUT2D eigenvalue weighted by Gasteiger charge is 2.09. The van der Waals surface area contributed by atoms with Gasteiger partial charge in [-0.3, -0.25) is 0 Å². The molecule has 0 aliphatic carbocycles. The Kier molecular flexibility index (Phi) is 5.95. The molecule has 4 nitrogen and oxygen atoms in total. The van der Waals surface area contributed by atoms with E-state index in [0.29, 0.717) is 6.54 Å². The third-order valence-electron chi connectivity index (χ3n) is 3.09. The van der Waals surface area contributed by atoms with Crippen LogP contribution in [0.4, 0.5) is 0 Å². The Morgan fingerprint density at radius 3 is 2.28 bits per heavy atom. The van der Waals surface area contributed by atoms with Crippen LogP contribution >= 0.6 is 0 Å². The van der Waals surface area contributed by atoms with E-state index in [0.717, 1.165) is 24.5 Å². The lowest BCUT2D eigenvalue weighted by Crippen LogP contribution is -2.24. The van der Waals surface area contributed by atoms with E-state index in [1.165, 1.54) is 11.1 Å². The maximum atomic E-state index is 8.86. The van der Waals surface area contributed by atoms with Gasteiger partial charge in [-0.25, -0.2) is 0 Å². The Labute approximate surface area is 109 Å². The summed E-state index contributed by atoms with van der Waals surface area (Å²) in [6.07, 6.45) is 0.933. The summed E-state index contributed by atoms with van der Waals surface area (Å²) in [7, 11) is 5.30. The molecular formula is C14H23NO3. The van der Waals surface area contributed by atoms with Gasteiger partial charge in [0.1, 0.15) is 0 Å². The molecule has 0 saturated carbocycles. The van der Waals surface area contributed by atoms with Crippen molar-refractivity contribution in [2.45, 2.75) is 13.3 Å². The molecule has 0 bridgehead atoms. The number of ether oxygens (including phenoxy) is 2. The average molecular weight is 253 g/mol. The molecule has 1 N–H and O–H groups in total. The maximum Gasteiger partial charge on any atom is 0.161 e. The fourth-order valence-corrected chi connectivity index (χ4v) is 1.89. The quantitative estimate of drug-likeness (QED) is 0.799. The molecular weight excluding hydrogens is 230 g/mol. The van der Waals surface area contributed by atoms with Gasteiger partial charge in [-0.1, -0.05) is 0 Å². The van der Waals surface area contributed by atoms with Crippen LogP contribution < -0.4 is 9.47 Å². The molecule has 18 heavy (non-hydrogen) atoms. The Morgan fingerprint density at radius 2 is 1.72 bits per heavy atom. The van der Waals surface area contributed by atoms with Gasteiger partial charge in [-0.2, -0.15) is 0 Å². The summed E-state index contributed by atoms with van der Waals surface area (Å²) in [6.45, 7) is 3.88. The van der Waals surface area contributed by atoms with E-state index in [1.807, 2.05) is 19.2 Å². The van der Waals surface area contributed by atoms with Gasteiger partial charge in [0.05, 0.1) is 20.8 Å². The van der Waals surface area contributed by atoms with Gasteiger partial charge in [-0.05, 0) is 43.7 Å². The Balaban J connectivity index is 2.76. The summed E-state index contributed by atoms with van der Waals surface area (Å²) in [5.74, 6) is 1.53. The second kappa shape index (κ2) is 7.24. The highest BCUT2D eigenvalue weighted by Crippen LogP contribution is 2.30. The second-order valence-electron chi connectivity index (χ2n) is 4.41. The van der Waals surface area contributed by atoms with E-state index in [-0.39, 0.29) is 6.61 Å². The summed E-state index contributed by atoms with van der Waals surface area (Å²) in [4.78, 5) is 2.11. The fourth-order valence-electron chi connectivity index (χ4n) is 1.89. The first-order valence-corrected chi connectivity index (χ1v) is 6.13. The maximum absolute atomic E-state index is 8.86. The number of hydrogen-bond donors (Lipinski definition) is 1. The minimum absolute atomic E-state index is 0.196. The number of rotatable bonds is 7. The highest BCUT2D eigenvalue weighted by atomic mass is 16.5. The predicted molar refractivity (Wildman–Crippen MR) is 72.6 cm³/mol. The van der Waals surface area contributed by atoms with Crippen LogP contribution in [0.1, 0.15) is 11.1 Å². The summed E-state index contributed by atoms with van der Waals surface area (Å²) < 4.78 is 10.6.